The summed E-state index contributed by atoms with van der Waals surface area (Å²) >= 11 is 0. The van der Waals surface area contributed by atoms with Gasteiger partial charge in [0, 0.05) is 13.2 Å². The third-order valence-corrected chi connectivity index (χ3v) is 4.35. The van der Waals surface area contributed by atoms with Crippen molar-refractivity contribution in [2.75, 3.05) is 20.3 Å². The van der Waals surface area contributed by atoms with Crippen molar-refractivity contribution < 1.29 is 14.6 Å². The Bertz CT molecular complexity index is 602. The van der Waals surface area contributed by atoms with Crippen molar-refractivity contribution in [1.82, 2.24) is 0 Å². The van der Waals surface area contributed by atoms with Gasteiger partial charge in [0.1, 0.15) is 5.75 Å². The molecule has 1 aliphatic rings. The van der Waals surface area contributed by atoms with E-state index in [4.69, 9.17) is 9.47 Å². The van der Waals surface area contributed by atoms with Gasteiger partial charge in [0.2, 0.25) is 0 Å². The van der Waals surface area contributed by atoms with Crippen LogP contribution in [0.25, 0.3) is 10.8 Å². The van der Waals surface area contributed by atoms with Crippen molar-refractivity contribution in [3.63, 3.8) is 0 Å². The number of aliphatic hydroxyl groups excluding tert-OH is 1. The van der Waals surface area contributed by atoms with Crippen LogP contribution >= 0.6 is 0 Å². The van der Waals surface area contributed by atoms with E-state index < -0.39 is 0 Å². The van der Waals surface area contributed by atoms with Gasteiger partial charge < -0.3 is 14.6 Å². The van der Waals surface area contributed by atoms with Crippen LogP contribution in [0.1, 0.15) is 30.9 Å². The van der Waals surface area contributed by atoms with Crippen molar-refractivity contribution in [3.8, 4) is 5.75 Å². The van der Waals surface area contributed by atoms with Gasteiger partial charge >= 0.3 is 0 Å². The molecule has 1 saturated heterocycles. The summed E-state index contributed by atoms with van der Waals surface area (Å²) in [5.74, 6) is 1.43. The molecule has 1 fully saturated rings. The molecule has 1 atom stereocenters. The molecule has 0 aliphatic carbocycles. The number of hydrogen-bond acceptors (Lipinski definition) is 3. The quantitative estimate of drug-likeness (QED) is 0.931. The molecule has 1 N–H and O–H groups in total. The summed E-state index contributed by atoms with van der Waals surface area (Å²) in [6.07, 6.45) is 2.55. The van der Waals surface area contributed by atoms with Crippen LogP contribution in [-0.4, -0.2) is 25.4 Å². The van der Waals surface area contributed by atoms with Crippen molar-refractivity contribution in [2.45, 2.75) is 25.4 Å². The van der Waals surface area contributed by atoms with Crippen molar-refractivity contribution in [1.29, 1.82) is 0 Å². The number of hydrogen-bond donors (Lipinski definition) is 1. The molecule has 2 aromatic carbocycles. The van der Waals surface area contributed by atoms with Crippen LogP contribution in [0.3, 0.4) is 0 Å². The first-order valence-corrected chi connectivity index (χ1v) is 7.60. The Morgan fingerprint density at radius 1 is 1.14 bits per heavy atom. The molecule has 0 aromatic heterocycles. The monoisotopic (exact) mass is 286 g/mol. The summed E-state index contributed by atoms with van der Waals surface area (Å²) in [5.41, 5.74) is 0.999. The molecule has 3 rings (SSSR count). The molecule has 0 radical (unpaired) electrons. The molecule has 0 bridgehead atoms. The minimum atomic E-state index is -0.389. The average Bonchev–Trinajstić information content (AvgIpc) is 2.54. The minimum absolute atomic E-state index is 0.389. The first-order chi connectivity index (χ1) is 10.3. The third-order valence-electron chi connectivity index (χ3n) is 4.35. The Balaban J connectivity index is 1.76. The zero-order chi connectivity index (χ0) is 14.7. The van der Waals surface area contributed by atoms with Gasteiger partial charge in [-0.1, -0.05) is 18.2 Å². The maximum Gasteiger partial charge on any atom is 0.119 e. The smallest absolute Gasteiger partial charge is 0.119 e. The Morgan fingerprint density at radius 2 is 1.86 bits per heavy atom. The second kappa shape index (κ2) is 6.46. The van der Waals surface area contributed by atoms with E-state index in [0.717, 1.165) is 54.6 Å². The SMILES string of the molecule is COc1ccc2cc(C(O)CC3CCOCC3)ccc2c1. The van der Waals surface area contributed by atoms with E-state index in [1.54, 1.807) is 7.11 Å². The van der Waals surface area contributed by atoms with Crippen LogP contribution in [0.2, 0.25) is 0 Å². The molecule has 1 unspecified atom stereocenters. The standard InChI is InChI=1S/C18H22O3/c1-20-17-5-4-14-11-16(3-2-15(14)12-17)18(19)10-13-6-8-21-9-7-13/h2-5,11-13,18-19H,6-10H2,1H3. The van der Waals surface area contributed by atoms with E-state index in [-0.39, 0.29) is 6.10 Å². The number of benzene rings is 2. The molecule has 0 spiro atoms. The lowest BCUT2D eigenvalue weighted by atomic mass is 9.90. The first kappa shape index (κ1) is 14.4. The largest absolute Gasteiger partial charge is 0.497 e. The lowest BCUT2D eigenvalue weighted by molar-refractivity contribution is 0.0435. The Morgan fingerprint density at radius 3 is 2.62 bits per heavy atom. The summed E-state index contributed by atoms with van der Waals surface area (Å²) in [7, 11) is 1.67. The van der Waals surface area contributed by atoms with Crippen LogP contribution in [0.4, 0.5) is 0 Å². The van der Waals surface area contributed by atoms with Crippen LogP contribution < -0.4 is 4.74 Å². The van der Waals surface area contributed by atoms with Crippen LogP contribution in [0.5, 0.6) is 5.75 Å². The van der Waals surface area contributed by atoms with Gasteiger partial charge in [-0.3, -0.25) is 0 Å². The highest BCUT2D eigenvalue weighted by Gasteiger charge is 2.19. The molecule has 1 heterocycles. The van der Waals surface area contributed by atoms with E-state index in [0.29, 0.717) is 5.92 Å². The van der Waals surface area contributed by atoms with E-state index in [1.165, 1.54) is 0 Å². The molecule has 3 nitrogen and oxygen atoms in total. The highest BCUT2D eigenvalue weighted by Crippen LogP contribution is 2.30. The van der Waals surface area contributed by atoms with E-state index in [1.807, 2.05) is 24.3 Å². The molecule has 3 heteroatoms. The molecule has 21 heavy (non-hydrogen) atoms. The molecular formula is C18H22O3. The number of rotatable bonds is 4. The van der Waals surface area contributed by atoms with Crippen LogP contribution in [0.15, 0.2) is 36.4 Å². The summed E-state index contributed by atoms with van der Waals surface area (Å²) in [4.78, 5) is 0. The Kier molecular flexibility index (Phi) is 4.42. The molecule has 0 saturated carbocycles. The minimum Gasteiger partial charge on any atom is -0.497 e. The van der Waals surface area contributed by atoms with Gasteiger partial charge in [0.25, 0.3) is 0 Å². The second-order valence-electron chi connectivity index (χ2n) is 5.78. The first-order valence-electron chi connectivity index (χ1n) is 7.60. The van der Waals surface area contributed by atoms with Crippen LogP contribution in [0, 0.1) is 5.92 Å². The van der Waals surface area contributed by atoms with Gasteiger partial charge in [-0.2, -0.15) is 0 Å². The normalized spacial score (nSPS) is 17.8. The fourth-order valence-electron chi connectivity index (χ4n) is 3.01. The predicted octanol–water partition coefficient (Wildman–Crippen LogP) is 3.70. The van der Waals surface area contributed by atoms with E-state index >= 15 is 0 Å². The average molecular weight is 286 g/mol. The highest BCUT2D eigenvalue weighted by molar-refractivity contribution is 5.84. The lowest BCUT2D eigenvalue weighted by Crippen LogP contribution is -2.18. The third kappa shape index (κ3) is 3.36. The summed E-state index contributed by atoms with van der Waals surface area (Å²) in [5, 5.41) is 12.7. The van der Waals surface area contributed by atoms with E-state index in [9.17, 15) is 5.11 Å². The van der Waals surface area contributed by atoms with Crippen molar-refractivity contribution in [3.05, 3.63) is 42.0 Å². The summed E-state index contributed by atoms with van der Waals surface area (Å²) in [6.45, 7) is 1.66. The topological polar surface area (TPSA) is 38.7 Å². The molecule has 112 valence electrons. The second-order valence-corrected chi connectivity index (χ2v) is 5.78. The maximum absolute atomic E-state index is 10.5. The van der Waals surface area contributed by atoms with Crippen LogP contribution in [-0.2, 0) is 4.74 Å². The maximum atomic E-state index is 10.5. The fourth-order valence-corrected chi connectivity index (χ4v) is 3.01. The zero-order valence-corrected chi connectivity index (χ0v) is 12.4. The molecule has 2 aromatic rings. The fraction of sp³-hybridized carbons (Fsp3) is 0.444. The number of ether oxygens (including phenoxy) is 2. The zero-order valence-electron chi connectivity index (χ0n) is 12.4. The summed E-state index contributed by atoms with van der Waals surface area (Å²) < 4.78 is 10.6. The highest BCUT2D eigenvalue weighted by atomic mass is 16.5. The number of methoxy groups -OCH3 is 1. The summed E-state index contributed by atoms with van der Waals surface area (Å²) in [6, 6.07) is 12.2. The molecule has 0 amide bonds. The van der Waals surface area contributed by atoms with Gasteiger partial charge in [-0.15, -0.1) is 0 Å². The van der Waals surface area contributed by atoms with Gasteiger partial charge in [0.15, 0.2) is 0 Å². The van der Waals surface area contributed by atoms with Gasteiger partial charge in [0.05, 0.1) is 13.2 Å². The van der Waals surface area contributed by atoms with E-state index in [2.05, 4.69) is 12.1 Å². The van der Waals surface area contributed by atoms with Gasteiger partial charge in [-0.05, 0) is 59.7 Å². The molecular weight excluding hydrogens is 264 g/mol. The number of aliphatic hydroxyl groups is 1. The van der Waals surface area contributed by atoms with Crippen molar-refractivity contribution in [2.24, 2.45) is 5.92 Å². The van der Waals surface area contributed by atoms with Gasteiger partial charge in [-0.25, -0.2) is 0 Å². The molecule has 1 aliphatic heterocycles. The predicted molar refractivity (Wildman–Crippen MR) is 83.6 cm³/mol. The lowest BCUT2D eigenvalue weighted by Gasteiger charge is -2.24. The Hall–Kier alpha value is -1.58. The Labute approximate surface area is 125 Å². The number of fused-ring (bicyclic) bond motifs is 1. The van der Waals surface area contributed by atoms with Crippen molar-refractivity contribution >= 4 is 10.8 Å².